The standard InChI is InChI=1S/C8H16O/c1-6-4-9-5-7(2)8(6)3/h6-8H,4-5H2,1-3H3/t6-,7+,8?. The van der Waals surface area contributed by atoms with Gasteiger partial charge in [0, 0.05) is 13.2 Å². The van der Waals surface area contributed by atoms with Gasteiger partial charge in [-0.15, -0.1) is 0 Å². The summed E-state index contributed by atoms with van der Waals surface area (Å²) in [6.45, 7) is 8.77. The van der Waals surface area contributed by atoms with E-state index in [1.54, 1.807) is 0 Å². The van der Waals surface area contributed by atoms with Crippen LogP contribution in [0.5, 0.6) is 0 Å². The summed E-state index contributed by atoms with van der Waals surface area (Å²) in [7, 11) is 0. The predicted octanol–water partition coefficient (Wildman–Crippen LogP) is 1.92. The Hall–Kier alpha value is -0.0400. The van der Waals surface area contributed by atoms with Crippen molar-refractivity contribution in [1.29, 1.82) is 0 Å². The largest absolute Gasteiger partial charge is 0.381 e. The number of ether oxygens (including phenoxy) is 1. The van der Waals surface area contributed by atoms with Gasteiger partial charge in [-0.2, -0.15) is 0 Å². The molecule has 1 aliphatic heterocycles. The Bertz CT molecular complexity index is 80.6. The average Bonchev–Trinajstić information content (AvgIpc) is 1.83. The van der Waals surface area contributed by atoms with Crippen LogP contribution in [0, 0.1) is 17.8 Å². The van der Waals surface area contributed by atoms with E-state index < -0.39 is 0 Å². The van der Waals surface area contributed by atoms with Crippen LogP contribution in [0.25, 0.3) is 0 Å². The van der Waals surface area contributed by atoms with E-state index in [9.17, 15) is 0 Å². The lowest BCUT2D eigenvalue weighted by Crippen LogP contribution is -2.30. The third kappa shape index (κ3) is 1.45. The van der Waals surface area contributed by atoms with Gasteiger partial charge in [-0.05, 0) is 17.8 Å². The fraction of sp³-hybridized carbons (Fsp3) is 1.00. The van der Waals surface area contributed by atoms with Crippen molar-refractivity contribution >= 4 is 0 Å². The average molecular weight is 128 g/mol. The van der Waals surface area contributed by atoms with Crippen LogP contribution < -0.4 is 0 Å². The van der Waals surface area contributed by atoms with Gasteiger partial charge in [0.05, 0.1) is 0 Å². The summed E-state index contributed by atoms with van der Waals surface area (Å²) in [5.74, 6) is 2.36. The fourth-order valence-corrected chi connectivity index (χ4v) is 1.30. The molecule has 1 heteroatoms. The van der Waals surface area contributed by atoms with E-state index in [1.807, 2.05) is 0 Å². The Morgan fingerprint density at radius 1 is 1.00 bits per heavy atom. The first-order valence-corrected chi connectivity index (χ1v) is 3.79. The van der Waals surface area contributed by atoms with Crippen LogP contribution in [-0.2, 0) is 4.74 Å². The van der Waals surface area contributed by atoms with E-state index in [2.05, 4.69) is 20.8 Å². The molecule has 0 spiro atoms. The molecule has 9 heavy (non-hydrogen) atoms. The third-order valence-electron chi connectivity index (χ3n) is 2.56. The lowest BCUT2D eigenvalue weighted by atomic mass is 9.84. The summed E-state index contributed by atoms with van der Waals surface area (Å²) in [5, 5.41) is 0. The molecule has 1 aliphatic rings. The van der Waals surface area contributed by atoms with Gasteiger partial charge < -0.3 is 4.74 Å². The molecule has 1 unspecified atom stereocenters. The van der Waals surface area contributed by atoms with Crippen molar-refractivity contribution in [3.05, 3.63) is 0 Å². The highest BCUT2D eigenvalue weighted by molar-refractivity contribution is 4.71. The minimum Gasteiger partial charge on any atom is -0.381 e. The van der Waals surface area contributed by atoms with E-state index in [1.165, 1.54) is 0 Å². The summed E-state index contributed by atoms with van der Waals surface area (Å²) in [6.07, 6.45) is 0. The molecule has 1 rings (SSSR count). The molecule has 54 valence electrons. The molecule has 1 nitrogen and oxygen atoms in total. The van der Waals surface area contributed by atoms with Crippen LogP contribution in [0.3, 0.4) is 0 Å². The molecule has 0 aromatic carbocycles. The van der Waals surface area contributed by atoms with Crippen molar-refractivity contribution in [2.75, 3.05) is 13.2 Å². The molecule has 0 radical (unpaired) electrons. The molecule has 0 aliphatic carbocycles. The second-order valence-electron chi connectivity index (χ2n) is 3.35. The van der Waals surface area contributed by atoms with Crippen LogP contribution in [0.4, 0.5) is 0 Å². The topological polar surface area (TPSA) is 9.23 Å². The molecule has 0 saturated carbocycles. The van der Waals surface area contributed by atoms with Crippen LogP contribution in [0.2, 0.25) is 0 Å². The monoisotopic (exact) mass is 128 g/mol. The van der Waals surface area contributed by atoms with Gasteiger partial charge in [0.2, 0.25) is 0 Å². The first kappa shape index (κ1) is 7.07. The summed E-state index contributed by atoms with van der Waals surface area (Å²) >= 11 is 0. The lowest BCUT2D eigenvalue weighted by Gasteiger charge is -2.31. The van der Waals surface area contributed by atoms with Gasteiger partial charge in [-0.25, -0.2) is 0 Å². The van der Waals surface area contributed by atoms with Crippen LogP contribution in [0.15, 0.2) is 0 Å². The smallest absolute Gasteiger partial charge is 0.0494 e. The van der Waals surface area contributed by atoms with Gasteiger partial charge in [0.25, 0.3) is 0 Å². The SMILES string of the molecule is CC1[C@H](C)COC[C@@H]1C. The van der Waals surface area contributed by atoms with Gasteiger partial charge in [-0.1, -0.05) is 20.8 Å². The van der Waals surface area contributed by atoms with Crippen molar-refractivity contribution in [3.8, 4) is 0 Å². The Labute approximate surface area is 57.4 Å². The molecule has 0 aromatic rings. The molecule has 1 heterocycles. The highest BCUT2D eigenvalue weighted by Crippen LogP contribution is 2.25. The quantitative estimate of drug-likeness (QED) is 0.484. The fourth-order valence-electron chi connectivity index (χ4n) is 1.30. The van der Waals surface area contributed by atoms with Crippen molar-refractivity contribution in [2.45, 2.75) is 20.8 Å². The van der Waals surface area contributed by atoms with E-state index in [0.717, 1.165) is 31.0 Å². The van der Waals surface area contributed by atoms with Crippen molar-refractivity contribution in [2.24, 2.45) is 17.8 Å². The minimum atomic E-state index is 0.758. The molecular weight excluding hydrogens is 112 g/mol. The van der Waals surface area contributed by atoms with Crippen LogP contribution in [0.1, 0.15) is 20.8 Å². The Balaban J connectivity index is 2.41. The van der Waals surface area contributed by atoms with E-state index in [-0.39, 0.29) is 0 Å². The molecule has 1 saturated heterocycles. The van der Waals surface area contributed by atoms with Crippen LogP contribution in [-0.4, -0.2) is 13.2 Å². The first-order valence-electron chi connectivity index (χ1n) is 3.79. The minimum absolute atomic E-state index is 0.758. The van der Waals surface area contributed by atoms with Gasteiger partial charge >= 0.3 is 0 Å². The summed E-state index contributed by atoms with van der Waals surface area (Å²) in [5.41, 5.74) is 0. The second-order valence-corrected chi connectivity index (χ2v) is 3.35. The summed E-state index contributed by atoms with van der Waals surface area (Å²) < 4.78 is 5.36. The molecule has 3 atom stereocenters. The van der Waals surface area contributed by atoms with Crippen molar-refractivity contribution in [1.82, 2.24) is 0 Å². The molecule has 0 N–H and O–H groups in total. The molecule has 0 aromatic heterocycles. The van der Waals surface area contributed by atoms with Gasteiger partial charge in [-0.3, -0.25) is 0 Å². The summed E-state index contributed by atoms with van der Waals surface area (Å²) in [4.78, 5) is 0. The predicted molar refractivity (Wildman–Crippen MR) is 38.3 cm³/mol. The highest BCUT2D eigenvalue weighted by atomic mass is 16.5. The Kier molecular flexibility index (Phi) is 2.12. The second kappa shape index (κ2) is 2.70. The van der Waals surface area contributed by atoms with E-state index >= 15 is 0 Å². The maximum atomic E-state index is 5.36. The zero-order valence-corrected chi connectivity index (χ0v) is 6.55. The van der Waals surface area contributed by atoms with Gasteiger partial charge in [0.1, 0.15) is 0 Å². The number of hydrogen-bond donors (Lipinski definition) is 0. The zero-order valence-electron chi connectivity index (χ0n) is 6.55. The van der Waals surface area contributed by atoms with E-state index in [4.69, 9.17) is 4.74 Å². The molecule has 0 bridgehead atoms. The zero-order chi connectivity index (χ0) is 6.85. The lowest BCUT2D eigenvalue weighted by molar-refractivity contribution is -0.00914. The van der Waals surface area contributed by atoms with Gasteiger partial charge in [0.15, 0.2) is 0 Å². The Morgan fingerprint density at radius 2 is 1.44 bits per heavy atom. The number of rotatable bonds is 0. The van der Waals surface area contributed by atoms with Crippen molar-refractivity contribution in [3.63, 3.8) is 0 Å². The molecular formula is C8H16O. The normalized spacial score (nSPS) is 45.0. The maximum absolute atomic E-state index is 5.36. The third-order valence-corrected chi connectivity index (χ3v) is 2.56. The first-order chi connectivity index (χ1) is 4.22. The van der Waals surface area contributed by atoms with Crippen molar-refractivity contribution < 1.29 is 4.74 Å². The summed E-state index contributed by atoms with van der Waals surface area (Å²) in [6, 6.07) is 0. The number of hydrogen-bond acceptors (Lipinski definition) is 1. The highest BCUT2D eigenvalue weighted by Gasteiger charge is 2.23. The molecule has 1 fully saturated rings. The van der Waals surface area contributed by atoms with E-state index in [0.29, 0.717) is 0 Å². The maximum Gasteiger partial charge on any atom is 0.0494 e. The van der Waals surface area contributed by atoms with Crippen LogP contribution >= 0.6 is 0 Å². The molecule has 0 amide bonds. The Morgan fingerprint density at radius 3 is 1.78 bits per heavy atom.